The largest absolute Gasteiger partial charge is 0.472 e. The number of ether oxygens (including phenoxy) is 2. The number of phosphoric ester groups is 1. The Morgan fingerprint density at radius 1 is 0.564 bits per heavy atom. The second-order valence-corrected chi connectivity index (χ2v) is 16.3. The van der Waals surface area contributed by atoms with Crippen LogP contribution in [-0.4, -0.2) is 68.3 Å². The van der Waals surface area contributed by atoms with Crippen LogP contribution in [0.4, 0.5) is 0 Å². The van der Waals surface area contributed by atoms with Crippen LogP contribution >= 0.6 is 7.82 Å². The molecule has 0 fully saturated rings. The number of phosphoric acid groups is 1. The highest BCUT2D eigenvalue weighted by atomic mass is 31.2. The summed E-state index contributed by atoms with van der Waals surface area (Å²) < 4.78 is 33.4. The fourth-order valence-electron chi connectivity index (χ4n) is 5.69. The van der Waals surface area contributed by atoms with Crippen molar-refractivity contribution in [1.29, 1.82) is 0 Å². The van der Waals surface area contributed by atoms with Crippen molar-refractivity contribution in [3.8, 4) is 0 Å². The van der Waals surface area contributed by atoms with Gasteiger partial charge in [-0.3, -0.25) is 18.6 Å². The van der Waals surface area contributed by atoms with Gasteiger partial charge in [-0.1, -0.05) is 140 Å². The first-order valence-electron chi connectivity index (χ1n) is 21.9. The number of hydrogen-bond acceptors (Lipinski definition) is 8. The molecule has 320 valence electrons. The maximum atomic E-state index is 12.6. The average molecular weight is 796 g/mol. The van der Waals surface area contributed by atoms with Crippen LogP contribution in [0, 0.1) is 0 Å². The monoisotopic (exact) mass is 796 g/mol. The first-order valence-corrected chi connectivity index (χ1v) is 23.4. The van der Waals surface area contributed by atoms with Crippen LogP contribution in [0.3, 0.4) is 0 Å². The lowest BCUT2D eigenvalue weighted by Crippen LogP contribution is -2.29. The van der Waals surface area contributed by atoms with E-state index in [1.165, 1.54) is 70.6 Å². The Morgan fingerprint density at radius 3 is 1.44 bits per heavy atom. The zero-order chi connectivity index (χ0) is 40.5. The van der Waals surface area contributed by atoms with Crippen molar-refractivity contribution in [3.05, 3.63) is 48.6 Å². The van der Waals surface area contributed by atoms with Crippen molar-refractivity contribution in [2.24, 2.45) is 0 Å². The number of carbonyl (C=O) groups excluding carboxylic acids is 2. The zero-order valence-electron chi connectivity index (χ0n) is 35.6. The Labute approximate surface area is 337 Å². The summed E-state index contributed by atoms with van der Waals surface area (Å²) in [6.07, 6.45) is 44.3. The number of likely N-dealkylation sites (N-methyl/N-ethyl adjacent to an activating group) is 1. The van der Waals surface area contributed by atoms with Gasteiger partial charge in [-0.15, -0.1) is 0 Å². The molecular formula is C45H82NO8P. The fraction of sp³-hybridized carbons (Fsp3) is 0.778. The minimum Gasteiger partial charge on any atom is -0.462 e. The number of allylic oxidation sites excluding steroid dienone is 8. The zero-order valence-corrected chi connectivity index (χ0v) is 36.5. The third-order valence-corrected chi connectivity index (χ3v) is 10.1. The van der Waals surface area contributed by atoms with Crippen molar-refractivity contribution in [3.63, 3.8) is 0 Å². The first-order chi connectivity index (χ1) is 26.7. The smallest absolute Gasteiger partial charge is 0.462 e. The van der Waals surface area contributed by atoms with E-state index in [1.54, 1.807) is 0 Å². The summed E-state index contributed by atoms with van der Waals surface area (Å²) in [5.41, 5.74) is 0. The Hall–Kier alpha value is -2.03. The van der Waals surface area contributed by atoms with Gasteiger partial charge in [0.15, 0.2) is 6.10 Å². The molecular weight excluding hydrogens is 713 g/mol. The van der Waals surface area contributed by atoms with E-state index in [9.17, 15) is 19.0 Å². The van der Waals surface area contributed by atoms with Gasteiger partial charge in [-0.2, -0.15) is 0 Å². The van der Waals surface area contributed by atoms with Crippen LogP contribution in [0.25, 0.3) is 0 Å². The van der Waals surface area contributed by atoms with E-state index in [1.807, 2.05) is 19.0 Å². The first kappa shape index (κ1) is 53.0. The second kappa shape index (κ2) is 40.2. The van der Waals surface area contributed by atoms with Crippen molar-refractivity contribution in [2.75, 3.05) is 40.5 Å². The summed E-state index contributed by atoms with van der Waals surface area (Å²) >= 11 is 0. The summed E-state index contributed by atoms with van der Waals surface area (Å²) in [4.78, 5) is 37.0. The lowest BCUT2D eigenvalue weighted by molar-refractivity contribution is -0.161. The predicted molar refractivity (Wildman–Crippen MR) is 229 cm³/mol. The van der Waals surface area contributed by atoms with E-state index in [2.05, 4.69) is 62.5 Å². The molecule has 0 aromatic heterocycles. The van der Waals surface area contributed by atoms with Gasteiger partial charge in [0.2, 0.25) is 0 Å². The highest BCUT2D eigenvalue weighted by Gasteiger charge is 2.26. The molecule has 0 saturated heterocycles. The van der Waals surface area contributed by atoms with E-state index >= 15 is 0 Å². The van der Waals surface area contributed by atoms with Gasteiger partial charge in [0.05, 0.1) is 13.2 Å². The number of unbranched alkanes of at least 4 members (excludes halogenated alkanes) is 18. The predicted octanol–water partition coefficient (Wildman–Crippen LogP) is 12.5. The van der Waals surface area contributed by atoms with Crippen molar-refractivity contribution in [1.82, 2.24) is 4.90 Å². The number of hydrogen-bond donors (Lipinski definition) is 1. The maximum absolute atomic E-state index is 12.6. The fourth-order valence-corrected chi connectivity index (χ4v) is 6.43. The van der Waals surface area contributed by atoms with E-state index in [-0.39, 0.29) is 32.0 Å². The van der Waals surface area contributed by atoms with Crippen LogP contribution < -0.4 is 0 Å². The van der Waals surface area contributed by atoms with Crippen LogP contribution in [0.1, 0.15) is 181 Å². The third-order valence-electron chi connectivity index (χ3n) is 9.11. The highest BCUT2D eigenvalue weighted by Crippen LogP contribution is 2.43. The molecule has 1 N–H and O–H groups in total. The van der Waals surface area contributed by atoms with Crippen molar-refractivity contribution < 1.29 is 37.6 Å². The van der Waals surface area contributed by atoms with Crippen LogP contribution in [-0.2, 0) is 32.7 Å². The lowest BCUT2D eigenvalue weighted by Gasteiger charge is -2.20. The number of rotatable bonds is 40. The average Bonchev–Trinajstić information content (AvgIpc) is 3.15. The Morgan fingerprint density at radius 2 is 0.982 bits per heavy atom. The molecule has 2 unspecified atom stereocenters. The van der Waals surface area contributed by atoms with Gasteiger partial charge in [-0.25, -0.2) is 4.57 Å². The number of nitrogens with zero attached hydrogens (tertiary/aromatic N) is 1. The van der Waals surface area contributed by atoms with Gasteiger partial charge in [0.1, 0.15) is 6.61 Å². The van der Waals surface area contributed by atoms with Crippen molar-refractivity contribution in [2.45, 2.75) is 187 Å². The van der Waals surface area contributed by atoms with Crippen molar-refractivity contribution >= 4 is 19.8 Å². The van der Waals surface area contributed by atoms with Gasteiger partial charge in [-0.05, 0) is 91.1 Å². The molecule has 0 heterocycles. The standard InChI is InChI=1S/C45H82NO8P/c1-5-7-9-11-13-15-17-19-21-22-24-25-27-29-31-33-35-37-44(47)51-41-43(42-53-55(49,50)52-40-39-46(3)4)54-45(48)38-36-34-32-30-28-26-23-20-18-16-14-12-10-8-6-2/h13-16,19-21,23,43H,5-12,17-18,22,24-42H2,1-4H3,(H,49,50)/b15-13-,16-14-,21-19-,23-20-. The van der Waals surface area contributed by atoms with Crippen LogP contribution in [0.15, 0.2) is 48.6 Å². The molecule has 0 aliphatic rings. The molecule has 0 bridgehead atoms. The van der Waals surface area contributed by atoms with Gasteiger partial charge in [0.25, 0.3) is 0 Å². The van der Waals surface area contributed by atoms with E-state index in [4.69, 9.17) is 18.5 Å². The Bertz CT molecular complexity index is 1060. The van der Waals surface area contributed by atoms with E-state index in [0.717, 1.165) is 77.0 Å². The highest BCUT2D eigenvalue weighted by molar-refractivity contribution is 7.47. The van der Waals surface area contributed by atoms with Crippen LogP contribution in [0.2, 0.25) is 0 Å². The SMILES string of the molecule is CCCCC/C=C\C/C=C\CCCCCCCCCC(=O)OCC(COP(=O)(O)OCCN(C)C)OC(=O)CCCCCCC/C=C\C/C=C\CCCCC. The van der Waals surface area contributed by atoms with Crippen LogP contribution in [0.5, 0.6) is 0 Å². The third kappa shape index (κ3) is 41.4. The van der Waals surface area contributed by atoms with E-state index in [0.29, 0.717) is 13.0 Å². The molecule has 0 rings (SSSR count). The van der Waals surface area contributed by atoms with Gasteiger partial charge < -0.3 is 19.3 Å². The molecule has 0 aromatic rings. The summed E-state index contributed by atoms with van der Waals surface area (Å²) in [5.74, 6) is -0.829. The Kier molecular flexibility index (Phi) is 38.7. The summed E-state index contributed by atoms with van der Waals surface area (Å²) in [5, 5.41) is 0. The van der Waals surface area contributed by atoms with E-state index < -0.39 is 26.5 Å². The van der Waals surface area contributed by atoms with Gasteiger partial charge >= 0.3 is 19.8 Å². The molecule has 9 nitrogen and oxygen atoms in total. The lowest BCUT2D eigenvalue weighted by atomic mass is 10.1. The maximum Gasteiger partial charge on any atom is 0.472 e. The molecule has 55 heavy (non-hydrogen) atoms. The molecule has 0 spiro atoms. The number of carbonyl (C=O) groups is 2. The summed E-state index contributed by atoms with van der Waals surface area (Å²) in [6.45, 7) is 4.24. The summed E-state index contributed by atoms with van der Waals surface area (Å²) in [6, 6.07) is 0. The second-order valence-electron chi connectivity index (χ2n) is 14.9. The minimum absolute atomic E-state index is 0.00174. The minimum atomic E-state index is -4.37. The number of esters is 2. The molecule has 2 atom stereocenters. The molecule has 0 radical (unpaired) electrons. The molecule has 10 heteroatoms. The Balaban J connectivity index is 4.32. The normalized spacial score (nSPS) is 13.9. The summed E-state index contributed by atoms with van der Waals surface area (Å²) in [7, 11) is -0.726. The van der Waals surface area contributed by atoms with Gasteiger partial charge in [0, 0.05) is 19.4 Å². The molecule has 0 aliphatic heterocycles. The molecule has 0 saturated carbocycles. The topological polar surface area (TPSA) is 112 Å². The molecule has 0 amide bonds. The quantitative estimate of drug-likeness (QED) is 0.0280. The molecule has 0 aromatic carbocycles. The molecule has 0 aliphatic carbocycles.